The lowest BCUT2D eigenvalue weighted by Gasteiger charge is -2.35. The number of hydrogen-bond donors (Lipinski definition) is 2. The Bertz CT molecular complexity index is 175. The average molecular weight is 214 g/mol. The second-order valence-corrected chi connectivity index (χ2v) is 4.94. The summed E-state index contributed by atoms with van der Waals surface area (Å²) in [6, 6.07) is 0.644. The predicted molar refractivity (Wildman–Crippen MR) is 64.0 cm³/mol. The van der Waals surface area contributed by atoms with E-state index < -0.39 is 0 Å². The van der Waals surface area contributed by atoms with Crippen LogP contribution in [0.4, 0.5) is 0 Å². The van der Waals surface area contributed by atoms with Crippen LogP contribution in [0.3, 0.4) is 0 Å². The lowest BCUT2D eigenvalue weighted by molar-refractivity contribution is 0.145. The maximum absolute atomic E-state index is 9.45. The highest BCUT2D eigenvalue weighted by Gasteiger charge is 2.23. The molecule has 1 rings (SSSR count). The van der Waals surface area contributed by atoms with Crippen molar-refractivity contribution in [1.29, 1.82) is 0 Å². The third-order valence-electron chi connectivity index (χ3n) is 3.46. The SMILES string of the molecule is CCC(O)CCNC1CCN(C)CC1C. The van der Waals surface area contributed by atoms with Crippen molar-refractivity contribution in [2.45, 2.75) is 45.3 Å². The zero-order valence-corrected chi connectivity index (χ0v) is 10.4. The van der Waals surface area contributed by atoms with Gasteiger partial charge in [0.05, 0.1) is 6.10 Å². The molecule has 1 aliphatic rings. The van der Waals surface area contributed by atoms with Crippen LogP contribution < -0.4 is 5.32 Å². The first kappa shape index (κ1) is 12.9. The third kappa shape index (κ3) is 4.49. The molecule has 0 aromatic carbocycles. The number of rotatable bonds is 5. The molecule has 1 heterocycles. The summed E-state index contributed by atoms with van der Waals surface area (Å²) >= 11 is 0. The zero-order chi connectivity index (χ0) is 11.3. The van der Waals surface area contributed by atoms with Crippen LogP contribution >= 0.6 is 0 Å². The summed E-state index contributed by atoms with van der Waals surface area (Å²) in [5.41, 5.74) is 0. The number of aliphatic hydroxyl groups is 1. The molecule has 1 fully saturated rings. The molecule has 0 aromatic heterocycles. The van der Waals surface area contributed by atoms with E-state index in [1.165, 1.54) is 19.5 Å². The fourth-order valence-electron chi connectivity index (χ4n) is 2.30. The number of piperidine rings is 1. The molecule has 1 aliphatic heterocycles. The maximum atomic E-state index is 9.45. The van der Waals surface area contributed by atoms with Crippen molar-refractivity contribution >= 4 is 0 Å². The van der Waals surface area contributed by atoms with Gasteiger partial charge in [-0.05, 0) is 45.3 Å². The molecule has 2 N–H and O–H groups in total. The largest absolute Gasteiger partial charge is 0.393 e. The highest BCUT2D eigenvalue weighted by molar-refractivity contribution is 4.81. The standard InChI is InChI=1S/C12H26N2O/c1-4-11(15)5-7-13-12-6-8-14(3)9-10(12)2/h10-13,15H,4-9H2,1-3H3. The van der Waals surface area contributed by atoms with E-state index in [0.717, 1.165) is 25.3 Å². The molecule has 1 saturated heterocycles. The van der Waals surface area contributed by atoms with Gasteiger partial charge >= 0.3 is 0 Å². The lowest BCUT2D eigenvalue weighted by Crippen LogP contribution is -2.47. The summed E-state index contributed by atoms with van der Waals surface area (Å²) in [5, 5.41) is 13.0. The Balaban J connectivity index is 2.15. The molecule has 0 amide bonds. The molecule has 15 heavy (non-hydrogen) atoms. The van der Waals surface area contributed by atoms with Gasteiger partial charge in [0.25, 0.3) is 0 Å². The number of likely N-dealkylation sites (tertiary alicyclic amines) is 1. The Morgan fingerprint density at radius 3 is 2.87 bits per heavy atom. The molecule has 0 bridgehead atoms. The predicted octanol–water partition coefficient (Wildman–Crippen LogP) is 1.08. The number of nitrogens with one attached hydrogen (secondary N) is 1. The lowest BCUT2D eigenvalue weighted by atomic mass is 9.94. The van der Waals surface area contributed by atoms with Gasteiger partial charge in [-0.3, -0.25) is 0 Å². The van der Waals surface area contributed by atoms with Crippen LogP contribution in [-0.2, 0) is 0 Å². The molecule has 0 aliphatic carbocycles. The average Bonchev–Trinajstić information content (AvgIpc) is 2.21. The first-order valence-electron chi connectivity index (χ1n) is 6.23. The van der Waals surface area contributed by atoms with Crippen molar-refractivity contribution < 1.29 is 5.11 Å². The monoisotopic (exact) mass is 214 g/mol. The quantitative estimate of drug-likeness (QED) is 0.719. The summed E-state index contributed by atoms with van der Waals surface area (Å²) in [6.45, 7) is 7.67. The minimum atomic E-state index is -0.126. The molecule has 0 saturated carbocycles. The van der Waals surface area contributed by atoms with E-state index in [0.29, 0.717) is 6.04 Å². The fraction of sp³-hybridized carbons (Fsp3) is 1.00. The zero-order valence-electron chi connectivity index (χ0n) is 10.4. The molecular weight excluding hydrogens is 188 g/mol. The Morgan fingerprint density at radius 2 is 2.27 bits per heavy atom. The summed E-state index contributed by atoms with van der Waals surface area (Å²) in [5.74, 6) is 0.725. The van der Waals surface area contributed by atoms with Crippen molar-refractivity contribution in [3.63, 3.8) is 0 Å². The fourth-order valence-corrected chi connectivity index (χ4v) is 2.30. The number of aliphatic hydroxyl groups excluding tert-OH is 1. The van der Waals surface area contributed by atoms with Gasteiger partial charge in [-0.25, -0.2) is 0 Å². The van der Waals surface area contributed by atoms with Crippen LogP contribution in [0.15, 0.2) is 0 Å². The van der Waals surface area contributed by atoms with Crippen molar-refractivity contribution in [2.75, 3.05) is 26.7 Å². The van der Waals surface area contributed by atoms with Crippen LogP contribution in [0.25, 0.3) is 0 Å². The van der Waals surface area contributed by atoms with Crippen molar-refractivity contribution in [2.24, 2.45) is 5.92 Å². The van der Waals surface area contributed by atoms with Gasteiger partial charge in [0.2, 0.25) is 0 Å². The molecule has 90 valence electrons. The molecular formula is C12H26N2O. The molecule has 0 aromatic rings. The van der Waals surface area contributed by atoms with Crippen LogP contribution in [0.1, 0.15) is 33.1 Å². The Hall–Kier alpha value is -0.120. The van der Waals surface area contributed by atoms with Gasteiger partial charge in [-0.2, -0.15) is 0 Å². The molecule has 3 unspecified atom stereocenters. The summed E-state index contributed by atoms with van der Waals surface area (Å²) in [7, 11) is 2.19. The number of hydrogen-bond acceptors (Lipinski definition) is 3. The minimum absolute atomic E-state index is 0.126. The maximum Gasteiger partial charge on any atom is 0.0549 e. The summed E-state index contributed by atoms with van der Waals surface area (Å²) < 4.78 is 0. The molecule has 0 radical (unpaired) electrons. The second-order valence-electron chi connectivity index (χ2n) is 4.94. The van der Waals surface area contributed by atoms with Gasteiger partial charge in [0.1, 0.15) is 0 Å². The van der Waals surface area contributed by atoms with Crippen LogP contribution in [0, 0.1) is 5.92 Å². The van der Waals surface area contributed by atoms with E-state index >= 15 is 0 Å². The molecule has 3 atom stereocenters. The molecule has 3 nitrogen and oxygen atoms in total. The topological polar surface area (TPSA) is 35.5 Å². The van der Waals surface area contributed by atoms with E-state index in [2.05, 4.69) is 24.2 Å². The highest BCUT2D eigenvalue weighted by atomic mass is 16.3. The van der Waals surface area contributed by atoms with Crippen LogP contribution in [0.5, 0.6) is 0 Å². The van der Waals surface area contributed by atoms with Gasteiger partial charge < -0.3 is 15.3 Å². The van der Waals surface area contributed by atoms with E-state index in [1.54, 1.807) is 0 Å². The van der Waals surface area contributed by atoms with Gasteiger partial charge in [0, 0.05) is 12.6 Å². The summed E-state index contributed by atoms with van der Waals surface area (Å²) in [6.07, 6.45) is 2.86. The van der Waals surface area contributed by atoms with E-state index in [4.69, 9.17) is 0 Å². The first-order chi connectivity index (χ1) is 7.13. The van der Waals surface area contributed by atoms with Crippen molar-refractivity contribution in [1.82, 2.24) is 10.2 Å². The Morgan fingerprint density at radius 1 is 1.53 bits per heavy atom. The number of nitrogens with zero attached hydrogens (tertiary/aromatic N) is 1. The van der Waals surface area contributed by atoms with E-state index in [1.807, 2.05) is 6.92 Å². The van der Waals surface area contributed by atoms with E-state index in [-0.39, 0.29) is 6.10 Å². The highest BCUT2D eigenvalue weighted by Crippen LogP contribution is 2.15. The van der Waals surface area contributed by atoms with Crippen molar-refractivity contribution in [3.8, 4) is 0 Å². The van der Waals surface area contributed by atoms with Gasteiger partial charge in [-0.15, -0.1) is 0 Å². The normalized spacial score (nSPS) is 30.4. The smallest absolute Gasteiger partial charge is 0.0549 e. The third-order valence-corrected chi connectivity index (χ3v) is 3.46. The van der Waals surface area contributed by atoms with Crippen LogP contribution in [0.2, 0.25) is 0 Å². The Labute approximate surface area is 93.9 Å². The first-order valence-corrected chi connectivity index (χ1v) is 6.23. The second kappa shape index (κ2) is 6.46. The van der Waals surface area contributed by atoms with Crippen LogP contribution in [-0.4, -0.2) is 48.8 Å². The van der Waals surface area contributed by atoms with E-state index in [9.17, 15) is 5.11 Å². The van der Waals surface area contributed by atoms with Gasteiger partial charge in [0.15, 0.2) is 0 Å². The van der Waals surface area contributed by atoms with Gasteiger partial charge in [-0.1, -0.05) is 13.8 Å². The molecule has 0 spiro atoms. The molecule has 3 heteroatoms. The summed E-state index contributed by atoms with van der Waals surface area (Å²) in [4.78, 5) is 2.39. The minimum Gasteiger partial charge on any atom is -0.393 e. The van der Waals surface area contributed by atoms with Crippen molar-refractivity contribution in [3.05, 3.63) is 0 Å². The Kier molecular flexibility index (Phi) is 5.58.